The van der Waals surface area contributed by atoms with Crippen molar-refractivity contribution in [3.8, 4) is 5.75 Å². The van der Waals surface area contributed by atoms with Crippen molar-refractivity contribution in [1.82, 2.24) is 4.98 Å². The fourth-order valence-corrected chi connectivity index (χ4v) is 2.94. The maximum atomic E-state index is 12.7. The Labute approximate surface area is 163 Å². The molecular weight excluding hydrogens is 354 g/mol. The average molecular weight is 377 g/mol. The number of nitrogens with zero attached hydrogens (tertiary/aromatic N) is 1. The molecular formula is C22H23N3O3. The summed E-state index contributed by atoms with van der Waals surface area (Å²) < 4.78 is 5.24. The molecule has 6 nitrogen and oxygen atoms in total. The van der Waals surface area contributed by atoms with Crippen LogP contribution in [0.25, 0.3) is 10.8 Å². The summed E-state index contributed by atoms with van der Waals surface area (Å²) in [5.41, 5.74) is 7.32. The van der Waals surface area contributed by atoms with Crippen LogP contribution in [0.2, 0.25) is 0 Å². The third-order valence-electron chi connectivity index (χ3n) is 4.43. The van der Waals surface area contributed by atoms with Crippen LogP contribution in [0.5, 0.6) is 5.75 Å². The van der Waals surface area contributed by atoms with Gasteiger partial charge in [0, 0.05) is 36.4 Å². The quantitative estimate of drug-likeness (QED) is 0.484. The molecule has 0 saturated heterocycles. The number of fused-ring (bicyclic) bond motifs is 1. The molecule has 0 aliphatic carbocycles. The largest absolute Gasteiger partial charge is 0.427 e. The van der Waals surface area contributed by atoms with Crippen LogP contribution < -0.4 is 15.8 Å². The van der Waals surface area contributed by atoms with Crippen LogP contribution >= 0.6 is 0 Å². The highest BCUT2D eigenvalue weighted by Gasteiger charge is 2.19. The van der Waals surface area contributed by atoms with E-state index in [1.54, 1.807) is 36.7 Å². The lowest BCUT2D eigenvalue weighted by Crippen LogP contribution is -2.27. The van der Waals surface area contributed by atoms with Crippen LogP contribution in [0.1, 0.15) is 31.2 Å². The number of benzene rings is 2. The van der Waals surface area contributed by atoms with E-state index in [1.807, 2.05) is 31.2 Å². The zero-order chi connectivity index (χ0) is 19.9. The van der Waals surface area contributed by atoms with E-state index in [0.29, 0.717) is 17.9 Å². The van der Waals surface area contributed by atoms with Crippen molar-refractivity contribution in [2.45, 2.75) is 25.7 Å². The molecule has 1 atom stereocenters. The fourth-order valence-electron chi connectivity index (χ4n) is 2.94. The summed E-state index contributed by atoms with van der Waals surface area (Å²) in [6.07, 6.45) is 4.60. The molecule has 0 radical (unpaired) electrons. The van der Waals surface area contributed by atoms with E-state index in [4.69, 9.17) is 10.5 Å². The highest BCUT2D eigenvalue weighted by molar-refractivity contribution is 5.98. The second-order valence-corrected chi connectivity index (χ2v) is 6.51. The Morgan fingerprint density at radius 3 is 2.61 bits per heavy atom. The standard InChI is InChI=1S/C22H23N3O3/c1-2-3-21(26)28-19-8-5-15(6-9-19)20(13-23)22(27)25-18-7-4-17-14-24-11-10-16(17)12-18/h4-12,14,20H,2-3,13,23H2,1H3,(H,25,27). The number of esters is 1. The molecule has 6 heteroatoms. The van der Waals surface area contributed by atoms with Crippen molar-refractivity contribution < 1.29 is 14.3 Å². The first kappa shape index (κ1) is 19.5. The molecule has 0 aliphatic rings. The molecule has 3 N–H and O–H groups in total. The smallest absolute Gasteiger partial charge is 0.311 e. The maximum absolute atomic E-state index is 12.7. The lowest BCUT2D eigenvalue weighted by atomic mass is 9.98. The van der Waals surface area contributed by atoms with Crippen molar-refractivity contribution in [3.05, 3.63) is 66.5 Å². The van der Waals surface area contributed by atoms with Crippen LogP contribution in [0.3, 0.4) is 0 Å². The minimum atomic E-state index is -0.506. The molecule has 0 bridgehead atoms. The van der Waals surface area contributed by atoms with Crippen molar-refractivity contribution in [3.63, 3.8) is 0 Å². The predicted molar refractivity (Wildman–Crippen MR) is 109 cm³/mol. The van der Waals surface area contributed by atoms with Gasteiger partial charge in [0.15, 0.2) is 0 Å². The van der Waals surface area contributed by atoms with E-state index < -0.39 is 5.92 Å². The number of anilines is 1. The Bertz CT molecular complexity index is 970. The van der Waals surface area contributed by atoms with E-state index in [1.165, 1.54) is 0 Å². The SMILES string of the molecule is CCCC(=O)Oc1ccc(C(CN)C(=O)Nc2ccc3cnccc3c2)cc1. The van der Waals surface area contributed by atoms with Gasteiger partial charge in [-0.1, -0.05) is 25.1 Å². The second-order valence-electron chi connectivity index (χ2n) is 6.51. The topological polar surface area (TPSA) is 94.3 Å². The zero-order valence-electron chi connectivity index (χ0n) is 15.7. The van der Waals surface area contributed by atoms with Gasteiger partial charge in [-0.25, -0.2) is 0 Å². The van der Waals surface area contributed by atoms with Crippen LogP contribution in [-0.2, 0) is 9.59 Å². The average Bonchev–Trinajstić information content (AvgIpc) is 2.70. The number of ether oxygens (including phenoxy) is 1. The minimum Gasteiger partial charge on any atom is -0.427 e. The molecule has 3 rings (SSSR count). The monoisotopic (exact) mass is 377 g/mol. The number of hydrogen-bond acceptors (Lipinski definition) is 5. The van der Waals surface area contributed by atoms with Crippen molar-refractivity contribution in [2.75, 3.05) is 11.9 Å². The van der Waals surface area contributed by atoms with Gasteiger partial charge in [0.2, 0.25) is 5.91 Å². The van der Waals surface area contributed by atoms with Crippen LogP contribution in [0.4, 0.5) is 5.69 Å². The molecule has 1 aromatic heterocycles. The molecule has 3 aromatic rings. The van der Waals surface area contributed by atoms with Gasteiger partial charge < -0.3 is 15.8 Å². The molecule has 28 heavy (non-hydrogen) atoms. The Hall–Kier alpha value is -3.25. The summed E-state index contributed by atoms with van der Waals surface area (Å²) in [5, 5.41) is 4.92. The first-order valence-corrected chi connectivity index (χ1v) is 9.26. The number of nitrogens with one attached hydrogen (secondary N) is 1. The molecule has 144 valence electrons. The fraction of sp³-hybridized carbons (Fsp3) is 0.227. The number of pyridine rings is 1. The first-order valence-electron chi connectivity index (χ1n) is 9.26. The Morgan fingerprint density at radius 1 is 1.11 bits per heavy atom. The molecule has 2 aromatic carbocycles. The van der Waals surface area contributed by atoms with Gasteiger partial charge >= 0.3 is 5.97 Å². The van der Waals surface area contributed by atoms with E-state index in [9.17, 15) is 9.59 Å². The Kier molecular flexibility index (Phi) is 6.34. The van der Waals surface area contributed by atoms with Gasteiger partial charge in [0.05, 0.1) is 5.92 Å². The molecule has 0 spiro atoms. The summed E-state index contributed by atoms with van der Waals surface area (Å²) in [4.78, 5) is 28.4. The van der Waals surface area contributed by atoms with Gasteiger partial charge in [-0.2, -0.15) is 0 Å². The Morgan fingerprint density at radius 2 is 1.89 bits per heavy atom. The number of amides is 1. The number of rotatable bonds is 7. The number of carbonyl (C=O) groups is 2. The maximum Gasteiger partial charge on any atom is 0.311 e. The van der Waals surface area contributed by atoms with E-state index in [0.717, 1.165) is 22.8 Å². The summed E-state index contributed by atoms with van der Waals surface area (Å²) in [5.74, 6) is -0.503. The highest BCUT2D eigenvalue weighted by Crippen LogP contribution is 2.23. The normalized spacial score (nSPS) is 11.8. The Balaban J connectivity index is 1.70. The molecule has 1 amide bonds. The van der Waals surface area contributed by atoms with Crippen molar-refractivity contribution in [1.29, 1.82) is 0 Å². The van der Waals surface area contributed by atoms with Gasteiger partial charge in [-0.3, -0.25) is 14.6 Å². The summed E-state index contributed by atoms with van der Waals surface area (Å²) in [6, 6.07) is 14.4. The second kappa shape index (κ2) is 9.10. The zero-order valence-corrected chi connectivity index (χ0v) is 15.7. The summed E-state index contributed by atoms with van der Waals surface area (Å²) in [7, 11) is 0. The van der Waals surface area contributed by atoms with E-state index in [-0.39, 0.29) is 18.4 Å². The molecule has 0 saturated carbocycles. The van der Waals surface area contributed by atoms with Gasteiger partial charge in [-0.05, 0) is 47.7 Å². The molecule has 1 unspecified atom stereocenters. The molecule has 0 aliphatic heterocycles. The lowest BCUT2D eigenvalue weighted by molar-refractivity contribution is -0.134. The molecule has 1 heterocycles. The number of carbonyl (C=O) groups excluding carboxylic acids is 2. The van der Waals surface area contributed by atoms with Gasteiger partial charge in [0.25, 0.3) is 0 Å². The van der Waals surface area contributed by atoms with Crippen LogP contribution in [-0.4, -0.2) is 23.4 Å². The number of nitrogens with two attached hydrogens (primary N) is 1. The van der Waals surface area contributed by atoms with Crippen molar-refractivity contribution >= 4 is 28.3 Å². The van der Waals surface area contributed by atoms with Gasteiger partial charge in [0.1, 0.15) is 5.75 Å². The first-order chi connectivity index (χ1) is 13.6. The van der Waals surface area contributed by atoms with Crippen LogP contribution in [0, 0.1) is 0 Å². The number of hydrogen-bond donors (Lipinski definition) is 2. The van der Waals surface area contributed by atoms with Crippen LogP contribution in [0.15, 0.2) is 60.9 Å². The third kappa shape index (κ3) is 4.72. The van der Waals surface area contributed by atoms with E-state index >= 15 is 0 Å². The van der Waals surface area contributed by atoms with E-state index in [2.05, 4.69) is 10.3 Å². The summed E-state index contributed by atoms with van der Waals surface area (Å²) >= 11 is 0. The van der Waals surface area contributed by atoms with Crippen molar-refractivity contribution in [2.24, 2.45) is 5.73 Å². The molecule has 0 fully saturated rings. The predicted octanol–water partition coefficient (Wildman–Crippen LogP) is 3.62. The lowest BCUT2D eigenvalue weighted by Gasteiger charge is -2.16. The van der Waals surface area contributed by atoms with Gasteiger partial charge in [-0.15, -0.1) is 0 Å². The highest BCUT2D eigenvalue weighted by atomic mass is 16.5. The number of aromatic nitrogens is 1. The third-order valence-corrected chi connectivity index (χ3v) is 4.43. The minimum absolute atomic E-state index is 0.165. The summed E-state index contributed by atoms with van der Waals surface area (Å²) in [6.45, 7) is 2.08.